The molecule has 8 aromatic rings. The minimum absolute atomic E-state index is 0.563. The van der Waals surface area contributed by atoms with Crippen LogP contribution in [0, 0.1) is 0 Å². The Morgan fingerprint density at radius 3 is 1.12 bits per heavy atom. The standard InChI is InChI=1S/2C24H17.C2H6Si.Zr/c2*1-16-13-17-9-6-12-22(23(17)14-16)24-20-10-4-2-7-18(20)15-19-8-3-5-11-21(19)24;1-3-2;/h2*2-15H,1H3;1-2H3;. The average molecular weight is 760 g/mol. The first-order valence-corrected chi connectivity index (χ1v) is 27.6. The summed E-state index contributed by atoms with van der Waals surface area (Å²) in [5.74, 6) is 0. The van der Waals surface area contributed by atoms with E-state index in [0.717, 1.165) is 0 Å². The zero-order valence-electron chi connectivity index (χ0n) is 30.2. The summed E-state index contributed by atoms with van der Waals surface area (Å²) >= 11 is -2.29. The van der Waals surface area contributed by atoms with E-state index in [1.54, 1.807) is 22.3 Å². The van der Waals surface area contributed by atoms with Gasteiger partial charge in [0, 0.05) is 0 Å². The molecule has 0 amide bonds. The molecule has 0 aliphatic heterocycles. The molecule has 0 saturated carbocycles. The predicted molar refractivity (Wildman–Crippen MR) is 224 cm³/mol. The molecule has 2 aliphatic carbocycles. The average Bonchev–Trinajstić information content (AvgIpc) is 3.68. The third-order valence-corrected chi connectivity index (χ3v) is 31.7. The third-order valence-electron chi connectivity index (χ3n) is 11.8. The van der Waals surface area contributed by atoms with Crippen LogP contribution in [0.25, 0.3) is 77.5 Å². The number of hydrogen-bond acceptors (Lipinski definition) is 0. The first-order valence-electron chi connectivity index (χ1n) is 18.6. The zero-order valence-corrected chi connectivity index (χ0v) is 33.6. The van der Waals surface area contributed by atoms with Crippen molar-refractivity contribution in [1.29, 1.82) is 0 Å². The molecule has 0 bridgehead atoms. The number of fused-ring (bicyclic) bond motifs is 6. The van der Waals surface area contributed by atoms with Gasteiger partial charge in [-0.2, -0.15) is 0 Å². The molecular weight excluding hydrogens is 720 g/mol. The van der Waals surface area contributed by atoms with Crippen LogP contribution in [0.15, 0.2) is 157 Å². The predicted octanol–water partition coefficient (Wildman–Crippen LogP) is 14.1. The van der Waals surface area contributed by atoms with Crippen LogP contribution in [0.4, 0.5) is 0 Å². The van der Waals surface area contributed by atoms with Gasteiger partial charge in [0.25, 0.3) is 0 Å². The van der Waals surface area contributed by atoms with Crippen LogP contribution in [-0.4, -0.2) is 5.43 Å². The summed E-state index contributed by atoms with van der Waals surface area (Å²) in [6.45, 7) is 10.2. The fraction of sp³-hybridized carbons (Fsp3) is 0.120. The first-order chi connectivity index (χ1) is 25.5. The molecule has 2 atom stereocenters. The molecule has 8 aromatic carbocycles. The second-order valence-corrected chi connectivity index (χ2v) is 33.0. The van der Waals surface area contributed by atoms with Crippen molar-refractivity contribution in [2.24, 2.45) is 0 Å². The molecule has 0 spiro atoms. The summed E-state index contributed by atoms with van der Waals surface area (Å²) in [4.78, 5) is 0. The summed E-state index contributed by atoms with van der Waals surface area (Å²) in [5.41, 5.74) is 14.3. The molecule has 0 radical (unpaired) electrons. The van der Waals surface area contributed by atoms with Crippen molar-refractivity contribution in [2.75, 3.05) is 0 Å². The Morgan fingerprint density at radius 2 is 0.769 bits per heavy atom. The fourth-order valence-electron chi connectivity index (χ4n) is 9.72. The van der Waals surface area contributed by atoms with Gasteiger partial charge in [-0.25, -0.2) is 0 Å². The zero-order chi connectivity index (χ0) is 35.1. The van der Waals surface area contributed by atoms with Crippen molar-refractivity contribution < 1.29 is 20.4 Å². The van der Waals surface area contributed by atoms with Crippen molar-refractivity contribution in [1.82, 2.24) is 0 Å². The molecule has 52 heavy (non-hydrogen) atoms. The molecular formula is C50H40SiZr. The van der Waals surface area contributed by atoms with E-state index in [-0.39, 0.29) is 0 Å². The van der Waals surface area contributed by atoms with Gasteiger partial charge >= 0.3 is 316 Å². The van der Waals surface area contributed by atoms with Gasteiger partial charge in [0.05, 0.1) is 0 Å². The molecule has 0 N–H and O–H groups in total. The summed E-state index contributed by atoms with van der Waals surface area (Å²) in [7, 11) is 0. The van der Waals surface area contributed by atoms with Crippen molar-refractivity contribution in [2.45, 2.75) is 34.2 Å². The SMILES string of the molecule is CC1=Cc2c(-c3c4ccccc4cc4ccccc34)cccc2[CH]1[Zr]([CH]1C(C)=Cc2c(-c3c4ccccc4cc4ccccc34)cccc21)=[Si](C)C. The molecule has 0 nitrogen and oxygen atoms in total. The second kappa shape index (κ2) is 12.5. The fourth-order valence-corrected chi connectivity index (χ4v) is 30.4. The Labute approximate surface area is 314 Å². The number of benzene rings is 8. The summed E-state index contributed by atoms with van der Waals surface area (Å²) in [6.07, 6.45) is 5.18. The van der Waals surface area contributed by atoms with Crippen LogP contribution in [0.1, 0.15) is 43.4 Å². The van der Waals surface area contributed by atoms with Gasteiger partial charge in [-0.1, -0.05) is 0 Å². The maximum atomic E-state index is 2.64. The Hall–Kier alpha value is -4.62. The number of hydrogen-bond donors (Lipinski definition) is 0. The van der Waals surface area contributed by atoms with E-state index in [2.05, 4.69) is 185 Å². The van der Waals surface area contributed by atoms with E-state index in [0.29, 0.717) is 7.25 Å². The monoisotopic (exact) mass is 758 g/mol. The summed E-state index contributed by atoms with van der Waals surface area (Å²) in [5, 5.41) is 10.6. The molecule has 0 saturated heterocycles. The van der Waals surface area contributed by atoms with Crippen molar-refractivity contribution in [3.8, 4) is 22.3 Å². The Bertz CT molecular complexity index is 2600. The van der Waals surface area contributed by atoms with E-state index < -0.39 is 25.8 Å². The van der Waals surface area contributed by atoms with E-state index in [9.17, 15) is 0 Å². The summed E-state index contributed by atoms with van der Waals surface area (Å²) in [6, 6.07) is 55.0. The topological polar surface area (TPSA) is 0 Å². The Balaban J connectivity index is 1.15. The third kappa shape index (κ3) is 4.88. The van der Waals surface area contributed by atoms with Crippen LogP contribution in [0.3, 0.4) is 0 Å². The van der Waals surface area contributed by atoms with E-state index >= 15 is 0 Å². The normalized spacial score (nSPS) is 16.3. The van der Waals surface area contributed by atoms with E-state index in [1.807, 2.05) is 0 Å². The van der Waals surface area contributed by atoms with Crippen LogP contribution >= 0.6 is 0 Å². The number of allylic oxidation sites excluding steroid dienone is 2. The quantitative estimate of drug-likeness (QED) is 0.124. The van der Waals surface area contributed by atoms with Gasteiger partial charge in [-0.3, -0.25) is 0 Å². The second-order valence-electron chi connectivity index (χ2n) is 15.1. The first kappa shape index (κ1) is 32.1. The Kier molecular flexibility index (Phi) is 7.71. The number of rotatable bonds is 4. The van der Waals surface area contributed by atoms with E-state index in [1.165, 1.54) is 76.5 Å². The molecule has 0 fully saturated rings. The van der Waals surface area contributed by atoms with Crippen LogP contribution in [0.2, 0.25) is 13.1 Å². The molecule has 0 heterocycles. The molecule has 10 rings (SSSR count). The van der Waals surface area contributed by atoms with Crippen LogP contribution in [-0.2, 0) is 20.4 Å². The van der Waals surface area contributed by atoms with Gasteiger partial charge in [0.1, 0.15) is 0 Å². The van der Waals surface area contributed by atoms with Gasteiger partial charge < -0.3 is 0 Å². The molecule has 2 aliphatic rings. The van der Waals surface area contributed by atoms with Crippen molar-refractivity contribution in [3.05, 3.63) is 179 Å². The van der Waals surface area contributed by atoms with Crippen molar-refractivity contribution in [3.63, 3.8) is 0 Å². The molecule has 248 valence electrons. The van der Waals surface area contributed by atoms with E-state index in [4.69, 9.17) is 0 Å². The van der Waals surface area contributed by atoms with Gasteiger partial charge in [-0.05, 0) is 0 Å². The molecule has 2 unspecified atom stereocenters. The van der Waals surface area contributed by atoms with Crippen LogP contribution < -0.4 is 0 Å². The van der Waals surface area contributed by atoms with Gasteiger partial charge in [-0.15, -0.1) is 0 Å². The summed E-state index contributed by atoms with van der Waals surface area (Å²) < 4.78 is 1.15. The van der Waals surface area contributed by atoms with Crippen molar-refractivity contribution >= 4 is 60.7 Å². The molecule has 2 heteroatoms. The van der Waals surface area contributed by atoms with Gasteiger partial charge in [0.15, 0.2) is 0 Å². The minimum atomic E-state index is -2.29. The van der Waals surface area contributed by atoms with Crippen LogP contribution in [0.5, 0.6) is 0 Å². The maximum absolute atomic E-state index is 2.64. The Morgan fingerprint density at radius 1 is 0.423 bits per heavy atom. The molecule has 0 aromatic heterocycles. The van der Waals surface area contributed by atoms with Gasteiger partial charge in [0.2, 0.25) is 0 Å².